The lowest BCUT2D eigenvalue weighted by molar-refractivity contribution is -0.114. The number of ether oxygens (including phenoxy) is 2. The fourth-order valence-electron chi connectivity index (χ4n) is 7.57. The highest BCUT2D eigenvalue weighted by molar-refractivity contribution is 7.86. The third-order valence-electron chi connectivity index (χ3n) is 10.9. The van der Waals surface area contributed by atoms with Crippen molar-refractivity contribution in [2.24, 2.45) is 10.2 Å². The van der Waals surface area contributed by atoms with Gasteiger partial charge >= 0.3 is 0 Å². The first kappa shape index (κ1) is 49.8. The molecule has 354 valence electrons. The highest BCUT2D eigenvalue weighted by Gasteiger charge is 2.26. The smallest absolute Gasteiger partial charge is 0.296 e. The topological polar surface area (TPSA) is 251 Å². The van der Waals surface area contributed by atoms with Gasteiger partial charge in [-0.1, -0.05) is 75.9 Å². The molecule has 0 saturated carbocycles. The van der Waals surface area contributed by atoms with Gasteiger partial charge in [-0.3, -0.25) is 18.7 Å². The van der Waals surface area contributed by atoms with E-state index in [0.717, 1.165) is 63.0 Å². The van der Waals surface area contributed by atoms with Crippen molar-refractivity contribution in [3.63, 3.8) is 0 Å². The van der Waals surface area contributed by atoms with E-state index in [4.69, 9.17) is 9.47 Å². The van der Waals surface area contributed by atoms with E-state index in [-0.39, 0.29) is 45.0 Å². The SMILES string of the molecule is CCCCCc1ccc(OCCCCNC(=O)c2cc(Oc3ccc(N=Nc4c(S(=O)(=O)O)cc5cc(S(=O)(=O)O)cc(NC(C)=O)c5c4O)cc3)c3ccccc3c2O)c(CCCCC)c1. The van der Waals surface area contributed by atoms with E-state index in [1.807, 2.05) is 0 Å². The Labute approximate surface area is 389 Å². The van der Waals surface area contributed by atoms with Crippen molar-refractivity contribution in [1.29, 1.82) is 0 Å². The van der Waals surface area contributed by atoms with Crippen molar-refractivity contribution < 1.29 is 55.2 Å². The van der Waals surface area contributed by atoms with Crippen LogP contribution in [0.15, 0.2) is 111 Å². The van der Waals surface area contributed by atoms with Gasteiger partial charge in [-0.25, -0.2) is 0 Å². The highest BCUT2D eigenvalue weighted by Crippen LogP contribution is 2.45. The molecule has 0 atom stereocenters. The Bertz CT molecular complexity index is 3030. The lowest BCUT2D eigenvalue weighted by atomic mass is 10.00. The third-order valence-corrected chi connectivity index (χ3v) is 12.6. The Morgan fingerprint density at radius 1 is 0.701 bits per heavy atom. The molecule has 0 fully saturated rings. The van der Waals surface area contributed by atoms with Crippen LogP contribution in [0.3, 0.4) is 0 Å². The summed E-state index contributed by atoms with van der Waals surface area (Å²) in [5, 5.41) is 36.0. The van der Waals surface area contributed by atoms with E-state index in [0.29, 0.717) is 36.8 Å². The summed E-state index contributed by atoms with van der Waals surface area (Å²) < 4.78 is 80.9. The molecular formula is C49H54N4O12S2. The average Bonchev–Trinajstić information content (AvgIpc) is 3.28. The molecule has 2 amide bonds. The van der Waals surface area contributed by atoms with Crippen molar-refractivity contribution in [2.75, 3.05) is 18.5 Å². The van der Waals surface area contributed by atoms with Crippen molar-refractivity contribution in [2.45, 2.75) is 94.8 Å². The van der Waals surface area contributed by atoms with Crippen molar-refractivity contribution >= 4 is 70.7 Å². The lowest BCUT2D eigenvalue weighted by Crippen LogP contribution is -2.25. The van der Waals surface area contributed by atoms with Gasteiger partial charge < -0.3 is 30.3 Å². The maximum absolute atomic E-state index is 13.5. The maximum Gasteiger partial charge on any atom is 0.296 e. The third kappa shape index (κ3) is 12.9. The number of hydrogen-bond acceptors (Lipinski definition) is 12. The molecule has 0 aliphatic carbocycles. The number of azo groups is 1. The number of aryl methyl sites for hydroxylation is 2. The van der Waals surface area contributed by atoms with E-state index < -0.39 is 53.3 Å². The molecule has 6 aromatic carbocycles. The molecule has 67 heavy (non-hydrogen) atoms. The molecule has 16 nitrogen and oxygen atoms in total. The number of nitrogens with zero attached hydrogens (tertiary/aromatic N) is 2. The number of carbonyl (C=O) groups is 2. The number of benzene rings is 6. The van der Waals surface area contributed by atoms with Crippen molar-refractivity contribution in [1.82, 2.24) is 5.32 Å². The first-order valence-electron chi connectivity index (χ1n) is 22.0. The number of phenols is 2. The zero-order chi connectivity index (χ0) is 48.3. The van der Waals surface area contributed by atoms with Gasteiger partial charge in [0.15, 0.2) is 5.75 Å². The number of anilines is 1. The van der Waals surface area contributed by atoms with Crippen LogP contribution in [0.5, 0.6) is 28.7 Å². The average molecular weight is 955 g/mol. The van der Waals surface area contributed by atoms with Gasteiger partial charge in [0.05, 0.1) is 28.4 Å². The number of fused-ring (bicyclic) bond motifs is 2. The summed E-state index contributed by atoms with van der Waals surface area (Å²) in [6.07, 6.45) is 10.4. The van der Waals surface area contributed by atoms with Crippen LogP contribution in [0.1, 0.15) is 93.6 Å². The van der Waals surface area contributed by atoms with Crippen molar-refractivity contribution in [3.8, 4) is 28.7 Å². The number of aromatic hydroxyl groups is 2. The van der Waals surface area contributed by atoms with Crippen LogP contribution in [0.4, 0.5) is 17.1 Å². The fourth-order valence-corrected chi connectivity index (χ4v) is 8.77. The molecule has 0 bridgehead atoms. The summed E-state index contributed by atoms with van der Waals surface area (Å²) in [6, 6.07) is 23.3. The van der Waals surface area contributed by atoms with E-state index in [9.17, 15) is 45.7 Å². The summed E-state index contributed by atoms with van der Waals surface area (Å²) in [7, 11) is -9.98. The number of carbonyl (C=O) groups excluding carboxylic acids is 2. The van der Waals surface area contributed by atoms with Crippen molar-refractivity contribution in [3.05, 3.63) is 108 Å². The first-order valence-corrected chi connectivity index (χ1v) is 24.9. The molecule has 0 radical (unpaired) electrons. The zero-order valence-corrected chi connectivity index (χ0v) is 39.0. The standard InChI is InChI=1S/C49H54N4O12S2/c1-4-6-8-14-32-18-23-42(33(26-32)15-9-7-5-2)64-25-13-12-24-50-49(57)40-30-43(38-16-10-11-17-39(38)47(40)55)65-36-21-19-35(20-22-36)52-53-46-44(67(61,62)63)28-34-27-37(66(58,59)60)29-41(51-31(3)54)45(34)48(46)56/h10-11,16-23,26-30,55-56H,4-9,12-15,24-25H2,1-3H3,(H,50,57)(H,51,54)(H,58,59,60)(H,61,62,63). The van der Waals surface area contributed by atoms with Crippen LogP contribution in [0.25, 0.3) is 21.5 Å². The van der Waals surface area contributed by atoms with Gasteiger partial charge in [-0.05, 0) is 110 Å². The summed E-state index contributed by atoms with van der Waals surface area (Å²) in [4.78, 5) is 23.8. The molecule has 0 aromatic heterocycles. The predicted octanol–water partition coefficient (Wildman–Crippen LogP) is 11.1. The fraction of sp³-hybridized carbons (Fsp3) is 0.306. The molecule has 0 aliphatic rings. The molecule has 18 heteroatoms. The van der Waals surface area contributed by atoms with E-state index in [1.54, 1.807) is 24.3 Å². The second kappa shape index (κ2) is 22.3. The Morgan fingerprint density at radius 2 is 1.40 bits per heavy atom. The van der Waals surface area contributed by atoms with Gasteiger partial charge in [-0.15, -0.1) is 5.11 Å². The Balaban J connectivity index is 1.15. The minimum Gasteiger partial charge on any atom is -0.506 e. The Kier molecular flexibility index (Phi) is 16.6. The summed E-state index contributed by atoms with van der Waals surface area (Å²) in [5.41, 5.74) is 1.67. The number of hydrogen-bond donors (Lipinski definition) is 6. The zero-order valence-electron chi connectivity index (χ0n) is 37.4. The molecular weight excluding hydrogens is 901 g/mol. The van der Waals surface area contributed by atoms with Crippen LogP contribution >= 0.6 is 0 Å². The Morgan fingerprint density at radius 3 is 2.07 bits per heavy atom. The van der Waals surface area contributed by atoms with E-state index in [2.05, 4.69) is 52.9 Å². The van der Waals surface area contributed by atoms with E-state index in [1.165, 1.54) is 60.7 Å². The molecule has 0 unspecified atom stereocenters. The highest BCUT2D eigenvalue weighted by atomic mass is 32.2. The number of rotatable bonds is 22. The molecule has 0 heterocycles. The maximum atomic E-state index is 13.5. The number of phenolic OH excluding ortho intramolecular Hbond substituents is 2. The van der Waals surface area contributed by atoms with Gasteiger partial charge in [0, 0.05) is 29.6 Å². The number of nitrogens with one attached hydrogen (secondary N) is 2. The van der Waals surface area contributed by atoms with Gasteiger partial charge in [-0.2, -0.15) is 21.9 Å². The quantitative estimate of drug-likeness (QED) is 0.0211. The minimum absolute atomic E-state index is 0.00631. The second-order valence-corrected chi connectivity index (χ2v) is 18.9. The molecule has 0 spiro atoms. The second-order valence-electron chi connectivity index (χ2n) is 16.1. The first-order chi connectivity index (χ1) is 32.0. The van der Waals surface area contributed by atoms with Crippen LogP contribution in [-0.2, 0) is 37.9 Å². The van der Waals surface area contributed by atoms with Crippen LogP contribution in [0.2, 0.25) is 0 Å². The summed E-state index contributed by atoms with van der Waals surface area (Å²) >= 11 is 0. The predicted molar refractivity (Wildman–Crippen MR) is 256 cm³/mol. The van der Waals surface area contributed by atoms with Crippen LogP contribution in [-0.4, -0.2) is 61.1 Å². The van der Waals surface area contributed by atoms with E-state index >= 15 is 0 Å². The van der Waals surface area contributed by atoms with Crippen LogP contribution in [0, 0.1) is 0 Å². The lowest BCUT2D eigenvalue weighted by Gasteiger charge is -2.15. The molecule has 6 aromatic rings. The number of amides is 2. The largest absolute Gasteiger partial charge is 0.506 e. The molecule has 6 rings (SSSR count). The number of unbranched alkanes of at least 4 members (excludes halogenated alkanes) is 5. The minimum atomic E-state index is -5.12. The normalized spacial score (nSPS) is 11.9. The van der Waals surface area contributed by atoms with Gasteiger partial charge in [0.25, 0.3) is 26.1 Å². The summed E-state index contributed by atoms with van der Waals surface area (Å²) in [6.45, 7) is 6.33. The van der Waals surface area contributed by atoms with Gasteiger partial charge in [0.2, 0.25) is 5.91 Å². The molecule has 0 saturated heterocycles. The molecule has 6 N–H and O–H groups in total. The van der Waals surface area contributed by atoms with Gasteiger partial charge in [0.1, 0.15) is 33.6 Å². The monoisotopic (exact) mass is 954 g/mol. The molecule has 0 aliphatic heterocycles. The Hall–Kier alpha value is -6.60. The van der Waals surface area contributed by atoms with Crippen LogP contribution < -0.4 is 20.1 Å². The summed E-state index contributed by atoms with van der Waals surface area (Å²) in [5.74, 6) is -0.825.